The highest BCUT2D eigenvalue weighted by Gasteiger charge is 2.21. The smallest absolute Gasteiger partial charge is 0.408 e. The number of carboxylic acid groups (broad SMARTS) is 1. The first-order chi connectivity index (χ1) is 12.0. The summed E-state index contributed by atoms with van der Waals surface area (Å²) in [5.74, 6) is -1.23. The van der Waals surface area contributed by atoms with E-state index in [9.17, 15) is 24.8 Å². The summed E-state index contributed by atoms with van der Waals surface area (Å²) in [6.45, 7) is 0.0243. The number of carbonyl (C=O) groups excluding carboxylic acids is 1. The second kappa shape index (κ2) is 8.44. The summed E-state index contributed by atoms with van der Waals surface area (Å²) in [5.41, 5.74) is 1.23. The third-order valence-electron chi connectivity index (χ3n) is 3.39. The van der Waals surface area contributed by atoms with E-state index < -0.39 is 23.0 Å². The van der Waals surface area contributed by atoms with Crippen LogP contribution in [0, 0.1) is 10.1 Å². The van der Waals surface area contributed by atoms with Gasteiger partial charge in [-0.3, -0.25) is 10.1 Å². The van der Waals surface area contributed by atoms with Gasteiger partial charge in [0.15, 0.2) is 0 Å². The maximum absolute atomic E-state index is 11.8. The lowest BCUT2D eigenvalue weighted by Crippen LogP contribution is -2.42. The molecule has 8 heteroatoms. The van der Waals surface area contributed by atoms with Gasteiger partial charge in [-0.05, 0) is 11.1 Å². The third kappa shape index (κ3) is 5.61. The number of carbonyl (C=O) groups is 2. The highest BCUT2D eigenvalue weighted by molar-refractivity contribution is 5.80. The fourth-order valence-corrected chi connectivity index (χ4v) is 2.10. The van der Waals surface area contributed by atoms with Crippen molar-refractivity contribution in [1.29, 1.82) is 0 Å². The first-order valence-corrected chi connectivity index (χ1v) is 7.39. The standard InChI is InChI=1S/C17H16N2O6/c20-16(21)15(10-12-6-8-14(9-7-12)19(23)24)18-17(22)25-11-13-4-2-1-3-5-13/h1-9,15H,10-11H2,(H,18,22)(H,20,21)/t15-/m1/s1. The molecule has 2 aromatic rings. The number of hydrogen-bond acceptors (Lipinski definition) is 5. The van der Waals surface area contributed by atoms with E-state index in [1.807, 2.05) is 6.07 Å². The van der Waals surface area contributed by atoms with Gasteiger partial charge in [-0.15, -0.1) is 0 Å². The van der Waals surface area contributed by atoms with E-state index in [1.54, 1.807) is 24.3 Å². The minimum absolute atomic E-state index is 0.0201. The normalized spacial score (nSPS) is 11.4. The van der Waals surface area contributed by atoms with E-state index in [4.69, 9.17) is 4.74 Å². The van der Waals surface area contributed by atoms with Gasteiger partial charge >= 0.3 is 12.1 Å². The summed E-state index contributed by atoms with van der Waals surface area (Å²) in [6, 6.07) is 13.2. The number of non-ortho nitro benzene ring substituents is 1. The van der Waals surface area contributed by atoms with E-state index in [1.165, 1.54) is 24.3 Å². The number of benzene rings is 2. The molecule has 0 aliphatic heterocycles. The summed E-state index contributed by atoms with van der Waals surface area (Å²) >= 11 is 0. The van der Waals surface area contributed by atoms with Gasteiger partial charge in [0.05, 0.1) is 4.92 Å². The number of carboxylic acids is 1. The molecule has 8 nitrogen and oxygen atoms in total. The topological polar surface area (TPSA) is 119 Å². The molecule has 2 aromatic carbocycles. The fourth-order valence-electron chi connectivity index (χ4n) is 2.10. The van der Waals surface area contributed by atoms with Crippen molar-refractivity contribution in [2.45, 2.75) is 19.1 Å². The summed E-state index contributed by atoms with van der Waals surface area (Å²) < 4.78 is 4.99. The van der Waals surface area contributed by atoms with Crippen molar-refractivity contribution >= 4 is 17.7 Å². The van der Waals surface area contributed by atoms with E-state index in [2.05, 4.69) is 5.32 Å². The molecule has 0 saturated carbocycles. The molecule has 2 N–H and O–H groups in total. The van der Waals surface area contributed by atoms with Crippen molar-refractivity contribution < 1.29 is 24.4 Å². The van der Waals surface area contributed by atoms with Crippen LogP contribution in [-0.4, -0.2) is 28.1 Å². The zero-order valence-electron chi connectivity index (χ0n) is 13.1. The van der Waals surface area contributed by atoms with Gasteiger partial charge in [0.25, 0.3) is 5.69 Å². The number of rotatable bonds is 7. The van der Waals surface area contributed by atoms with Crippen LogP contribution in [0.2, 0.25) is 0 Å². The SMILES string of the molecule is O=C(N[C@H](Cc1ccc([N+](=O)[O-])cc1)C(=O)O)OCc1ccccc1. The Morgan fingerprint density at radius 3 is 2.28 bits per heavy atom. The Labute approximate surface area is 143 Å². The molecule has 0 spiro atoms. The zero-order valence-corrected chi connectivity index (χ0v) is 13.1. The van der Waals surface area contributed by atoms with Crippen LogP contribution in [0.5, 0.6) is 0 Å². The number of amides is 1. The van der Waals surface area contributed by atoms with Crippen LogP contribution in [0.1, 0.15) is 11.1 Å². The quantitative estimate of drug-likeness (QED) is 0.588. The van der Waals surface area contributed by atoms with E-state index >= 15 is 0 Å². The predicted molar refractivity (Wildman–Crippen MR) is 88.0 cm³/mol. The monoisotopic (exact) mass is 344 g/mol. The van der Waals surface area contributed by atoms with Crippen molar-refractivity contribution in [2.24, 2.45) is 0 Å². The van der Waals surface area contributed by atoms with Gasteiger partial charge in [-0.25, -0.2) is 9.59 Å². The third-order valence-corrected chi connectivity index (χ3v) is 3.39. The van der Waals surface area contributed by atoms with Crippen LogP contribution in [0.3, 0.4) is 0 Å². The molecule has 25 heavy (non-hydrogen) atoms. The van der Waals surface area contributed by atoms with Crippen LogP contribution >= 0.6 is 0 Å². The van der Waals surface area contributed by atoms with Crippen LogP contribution in [-0.2, 0) is 22.6 Å². The number of nitro benzene ring substituents is 1. The Morgan fingerprint density at radius 1 is 1.08 bits per heavy atom. The largest absolute Gasteiger partial charge is 0.480 e. The minimum Gasteiger partial charge on any atom is -0.480 e. The molecule has 0 saturated heterocycles. The van der Waals surface area contributed by atoms with Gasteiger partial charge < -0.3 is 15.2 Å². The molecule has 0 unspecified atom stereocenters. The molecule has 0 aliphatic rings. The molecule has 1 atom stereocenters. The fraction of sp³-hybridized carbons (Fsp3) is 0.176. The Hall–Kier alpha value is -3.42. The lowest BCUT2D eigenvalue weighted by atomic mass is 10.1. The molecular formula is C17H16N2O6. The van der Waals surface area contributed by atoms with Crippen molar-refractivity contribution in [1.82, 2.24) is 5.32 Å². The number of ether oxygens (including phenoxy) is 1. The molecule has 0 radical (unpaired) electrons. The van der Waals surface area contributed by atoms with Gasteiger partial charge in [-0.1, -0.05) is 42.5 Å². The Morgan fingerprint density at radius 2 is 1.72 bits per heavy atom. The van der Waals surface area contributed by atoms with Crippen LogP contribution in [0.4, 0.5) is 10.5 Å². The molecule has 0 aromatic heterocycles. The summed E-state index contributed by atoms with van der Waals surface area (Å²) in [5, 5.41) is 22.1. The second-order valence-corrected chi connectivity index (χ2v) is 5.22. The second-order valence-electron chi connectivity index (χ2n) is 5.22. The Balaban J connectivity index is 1.92. The van der Waals surface area contributed by atoms with Gasteiger partial charge in [0, 0.05) is 18.6 Å². The van der Waals surface area contributed by atoms with Crippen molar-refractivity contribution in [3.05, 3.63) is 75.8 Å². The molecular weight excluding hydrogens is 328 g/mol. The maximum Gasteiger partial charge on any atom is 0.408 e. The number of nitrogens with zero attached hydrogens (tertiary/aromatic N) is 1. The van der Waals surface area contributed by atoms with Crippen LogP contribution < -0.4 is 5.32 Å². The number of nitro groups is 1. The number of alkyl carbamates (subject to hydrolysis) is 1. The number of aliphatic carboxylic acids is 1. The summed E-state index contributed by atoms with van der Waals surface area (Å²) in [6.07, 6.45) is -0.869. The van der Waals surface area contributed by atoms with Crippen molar-refractivity contribution in [3.8, 4) is 0 Å². The lowest BCUT2D eigenvalue weighted by molar-refractivity contribution is -0.384. The molecule has 0 aliphatic carbocycles. The summed E-state index contributed by atoms with van der Waals surface area (Å²) in [7, 11) is 0. The zero-order chi connectivity index (χ0) is 18.2. The molecule has 0 bridgehead atoms. The van der Waals surface area contributed by atoms with E-state index in [0.717, 1.165) is 5.56 Å². The van der Waals surface area contributed by atoms with E-state index in [0.29, 0.717) is 5.56 Å². The number of hydrogen-bond donors (Lipinski definition) is 2. The average Bonchev–Trinajstić information content (AvgIpc) is 2.60. The minimum atomic E-state index is -1.23. The van der Waals surface area contributed by atoms with Gasteiger partial charge in [-0.2, -0.15) is 0 Å². The molecule has 2 rings (SSSR count). The van der Waals surface area contributed by atoms with Gasteiger partial charge in [0.1, 0.15) is 12.6 Å². The maximum atomic E-state index is 11.8. The van der Waals surface area contributed by atoms with Crippen molar-refractivity contribution in [3.63, 3.8) is 0 Å². The molecule has 0 fully saturated rings. The first-order valence-electron chi connectivity index (χ1n) is 7.39. The Kier molecular flexibility index (Phi) is 6.05. The Bertz CT molecular complexity index is 745. The highest BCUT2D eigenvalue weighted by Crippen LogP contribution is 2.13. The van der Waals surface area contributed by atoms with Crippen LogP contribution in [0.25, 0.3) is 0 Å². The lowest BCUT2D eigenvalue weighted by Gasteiger charge is -2.14. The number of nitrogens with one attached hydrogen (secondary N) is 1. The summed E-state index contributed by atoms with van der Waals surface area (Å²) in [4.78, 5) is 33.2. The molecule has 0 heterocycles. The average molecular weight is 344 g/mol. The van der Waals surface area contributed by atoms with Crippen molar-refractivity contribution in [2.75, 3.05) is 0 Å². The highest BCUT2D eigenvalue weighted by atomic mass is 16.6. The molecule has 1 amide bonds. The van der Waals surface area contributed by atoms with Crippen LogP contribution in [0.15, 0.2) is 54.6 Å². The predicted octanol–water partition coefficient (Wildman–Crippen LogP) is 2.52. The first kappa shape index (κ1) is 17.9. The molecule has 130 valence electrons. The van der Waals surface area contributed by atoms with Gasteiger partial charge in [0.2, 0.25) is 0 Å². The van der Waals surface area contributed by atoms with E-state index in [-0.39, 0.29) is 18.7 Å².